The number of rotatable bonds is 5. The standard InChI is InChI=1S/C11H16ClN.ClH/c1-2-8-13-9-7-10-3-5-11(12)6-4-10;/h3-6,13H,2,7-9H2,1H3;1H. The van der Waals surface area contributed by atoms with Crippen molar-refractivity contribution in [3.05, 3.63) is 34.9 Å². The summed E-state index contributed by atoms with van der Waals surface area (Å²) < 4.78 is 0. The van der Waals surface area contributed by atoms with Crippen molar-refractivity contribution >= 4 is 24.0 Å². The molecule has 0 aliphatic rings. The van der Waals surface area contributed by atoms with E-state index in [-0.39, 0.29) is 12.4 Å². The molecule has 0 fully saturated rings. The second-order valence-electron chi connectivity index (χ2n) is 3.13. The molecule has 0 heterocycles. The molecule has 1 aromatic rings. The second-order valence-corrected chi connectivity index (χ2v) is 3.56. The van der Waals surface area contributed by atoms with Gasteiger partial charge in [0.2, 0.25) is 0 Å². The fourth-order valence-corrected chi connectivity index (χ4v) is 1.31. The van der Waals surface area contributed by atoms with Crippen LogP contribution < -0.4 is 5.32 Å². The van der Waals surface area contributed by atoms with E-state index < -0.39 is 0 Å². The van der Waals surface area contributed by atoms with E-state index in [1.807, 2.05) is 12.1 Å². The maximum absolute atomic E-state index is 5.78. The molecule has 1 rings (SSSR count). The molecule has 0 saturated carbocycles. The van der Waals surface area contributed by atoms with Crippen molar-refractivity contribution in [2.45, 2.75) is 19.8 Å². The zero-order valence-electron chi connectivity index (χ0n) is 8.42. The van der Waals surface area contributed by atoms with Crippen LogP contribution in [0.25, 0.3) is 0 Å². The topological polar surface area (TPSA) is 12.0 Å². The van der Waals surface area contributed by atoms with E-state index in [2.05, 4.69) is 24.4 Å². The predicted molar refractivity (Wildman–Crippen MR) is 65.6 cm³/mol. The lowest BCUT2D eigenvalue weighted by Crippen LogP contribution is -2.17. The smallest absolute Gasteiger partial charge is 0.0406 e. The summed E-state index contributed by atoms with van der Waals surface area (Å²) in [6.45, 7) is 4.33. The molecule has 0 spiro atoms. The van der Waals surface area contributed by atoms with Crippen LogP contribution in [0.5, 0.6) is 0 Å². The Bertz CT molecular complexity index is 234. The lowest BCUT2D eigenvalue weighted by atomic mass is 10.1. The number of nitrogens with one attached hydrogen (secondary N) is 1. The van der Waals surface area contributed by atoms with Crippen molar-refractivity contribution < 1.29 is 0 Å². The maximum Gasteiger partial charge on any atom is 0.0406 e. The van der Waals surface area contributed by atoms with Gasteiger partial charge in [0.05, 0.1) is 0 Å². The molecule has 0 bridgehead atoms. The molecule has 0 unspecified atom stereocenters. The summed E-state index contributed by atoms with van der Waals surface area (Å²) in [7, 11) is 0. The largest absolute Gasteiger partial charge is 0.316 e. The molecule has 1 aromatic carbocycles. The fourth-order valence-electron chi connectivity index (χ4n) is 1.19. The van der Waals surface area contributed by atoms with E-state index in [1.165, 1.54) is 12.0 Å². The van der Waals surface area contributed by atoms with Gasteiger partial charge in [-0.25, -0.2) is 0 Å². The number of halogens is 2. The quantitative estimate of drug-likeness (QED) is 0.771. The minimum atomic E-state index is 0. The molecule has 3 heteroatoms. The van der Waals surface area contributed by atoms with Gasteiger partial charge in [-0.3, -0.25) is 0 Å². The number of hydrogen-bond acceptors (Lipinski definition) is 1. The lowest BCUT2D eigenvalue weighted by Gasteiger charge is -2.02. The van der Waals surface area contributed by atoms with E-state index in [9.17, 15) is 0 Å². The van der Waals surface area contributed by atoms with Crippen LogP contribution in [0.15, 0.2) is 24.3 Å². The van der Waals surface area contributed by atoms with E-state index in [0.717, 1.165) is 24.5 Å². The first-order chi connectivity index (χ1) is 6.33. The van der Waals surface area contributed by atoms with E-state index in [4.69, 9.17) is 11.6 Å². The zero-order valence-corrected chi connectivity index (χ0v) is 10.00. The Kier molecular flexibility index (Phi) is 7.96. The van der Waals surface area contributed by atoms with Crippen molar-refractivity contribution in [3.63, 3.8) is 0 Å². The summed E-state index contributed by atoms with van der Waals surface area (Å²) >= 11 is 5.78. The van der Waals surface area contributed by atoms with Crippen LogP contribution in [0.1, 0.15) is 18.9 Å². The average molecular weight is 234 g/mol. The van der Waals surface area contributed by atoms with Crippen LogP contribution in [0.2, 0.25) is 5.02 Å². The van der Waals surface area contributed by atoms with Gasteiger partial charge in [-0.2, -0.15) is 0 Å². The molecule has 1 N–H and O–H groups in total. The Hall–Kier alpha value is -0.240. The van der Waals surface area contributed by atoms with Gasteiger partial charge in [-0.05, 0) is 43.6 Å². The Balaban J connectivity index is 0.00000169. The minimum Gasteiger partial charge on any atom is -0.316 e. The van der Waals surface area contributed by atoms with E-state index >= 15 is 0 Å². The number of hydrogen-bond donors (Lipinski definition) is 1. The summed E-state index contributed by atoms with van der Waals surface area (Å²) in [6, 6.07) is 8.04. The highest BCUT2D eigenvalue weighted by Gasteiger charge is 1.92. The van der Waals surface area contributed by atoms with Crippen molar-refractivity contribution in [2.24, 2.45) is 0 Å². The Morgan fingerprint density at radius 2 is 1.79 bits per heavy atom. The summed E-state index contributed by atoms with van der Waals surface area (Å²) in [5.74, 6) is 0. The molecule has 0 saturated heterocycles. The summed E-state index contributed by atoms with van der Waals surface area (Å²) in [5.41, 5.74) is 1.34. The van der Waals surface area contributed by atoms with E-state index in [1.54, 1.807) is 0 Å². The first kappa shape index (κ1) is 13.8. The van der Waals surface area contributed by atoms with Gasteiger partial charge in [-0.15, -0.1) is 12.4 Å². The van der Waals surface area contributed by atoms with Crippen LogP contribution in [-0.4, -0.2) is 13.1 Å². The third-order valence-electron chi connectivity index (χ3n) is 1.93. The van der Waals surface area contributed by atoms with E-state index in [0.29, 0.717) is 0 Å². The molecule has 0 aliphatic heterocycles. The Morgan fingerprint density at radius 1 is 1.14 bits per heavy atom. The molecule has 14 heavy (non-hydrogen) atoms. The monoisotopic (exact) mass is 233 g/mol. The minimum absolute atomic E-state index is 0. The first-order valence-corrected chi connectivity index (χ1v) is 5.16. The molecule has 0 aliphatic carbocycles. The van der Waals surface area contributed by atoms with Gasteiger partial charge in [0, 0.05) is 5.02 Å². The molecule has 0 atom stereocenters. The highest BCUT2D eigenvalue weighted by molar-refractivity contribution is 6.30. The van der Waals surface area contributed by atoms with Crippen LogP contribution in [0.3, 0.4) is 0 Å². The highest BCUT2D eigenvalue weighted by atomic mass is 35.5. The molecule has 80 valence electrons. The summed E-state index contributed by atoms with van der Waals surface area (Å²) in [5, 5.41) is 4.18. The van der Waals surface area contributed by atoms with Crippen molar-refractivity contribution in [2.75, 3.05) is 13.1 Å². The maximum atomic E-state index is 5.78. The fraction of sp³-hybridized carbons (Fsp3) is 0.455. The average Bonchev–Trinajstić information content (AvgIpc) is 2.15. The van der Waals surface area contributed by atoms with Crippen LogP contribution in [0, 0.1) is 0 Å². The third-order valence-corrected chi connectivity index (χ3v) is 2.18. The van der Waals surface area contributed by atoms with Crippen LogP contribution >= 0.6 is 24.0 Å². The van der Waals surface area contributed by atoms with Crippen LogP contribution in [0.4, 0.5) is 0 Å². The first-order valence-electron chi connectivity index (χ1n) is 4.78. The highest BCUT2D eigenvalue weighted by Crippen LogP contribution is 2.09. The van der Waals surface area contributed by atoms with Gasteiger partial charge >= 0.3 is 0 Å². The predicted octanol–water partition coefficient (Wildman–Crippen LogP) is 3.30. The van der Waals surface area contributed by atoms with Gasteiger partial charge < -0.3 is 5.32 Å². The molecular formula is C11H17Cl2N. The zero-order chi connectivity index (χ0) is 9.52. The van der Waals surface area contributed by atoms with Crippen molar-refractivity contribution in [1.29, 1.82) is 0 Å². The molecule has 0 radical (unpaired) electrons. The Morgan fingerprint density at radius 3 is 2.36 bits per heavy atom. The summed E-state index contributed by atoms with van der Waals surface area (Å²) in [6.07, 6.45) is 2.28. The van der Waals surface area contributed by atoms with Gasteiger partial charge in [0.1, 0.15) is 0 Å². The third kappa shape index (κ3) is 5.48. The molecule has 0 aromatic heterocycles. The van der Waals surface area contributed by atoms with Crippen molar-refractivity contribution in [1.82, 2.24) is 5.32 Å². The molecule has 1 nitrogen and oxygen atoms in total. The van der Waals surface area contributed by atoms with Gasteiger partial charge in [0.25, 0.3) is 0 Å². The van der Waals surface area contributed by atoms with Gasteiger partial charge in [0.15, 0.2) is 0 Å². The number of benzene rings is 1. The van der Waals surface area contributed by atoms with Crippen molar-refractivity contribution in [3.8, 4) is 0 Å². The second kappa shape index (κ2) is 8.10. The lowest BCUT2D eigenvalue weighted by molar-refractivity contribution is 0.671. The molecule has 0 amide bonds. The summed E-state index contributed by atoms with van der Waals surface area (Å²) in [4.78, 5) is 0. The van der Waals surface area contributed by atoms with Crippen LogP contribution in [-0.2, 0) is 6.42 Å². The van der Waals surface area contributed by atoms with Gasteiger partial charge in [-0.1, -0.05) is 30.7 Å². The Labute approximate surface area is 97.3 Å². The SMILES string of the molecule is CCCNCCc1ccc(Cl)cc1.Cl. The normalized spacial score (nSPS) is 9.57. The molecular weight excluding hydrogens is 217 g/mol.